The molecule has 2 saturated heterocycles. The average Bonchev–Trinajstić information content (AvgIpc) is 2.46. The summed E-state index contributed by atoms with van der Waals surface area (Å²) in [7, 11) is 0. The van der Waals surface area contributed by atoms with E-state index >= 15 is 0 Å². The zero-order valence-electron chi connectivity index (χ0n) is 10.6. The van der Waals surface area contributed by atoms with E-state index in [4.69, 9.17) is 0 Å². The van der Waals surface area contributed by atoms with Gasteiger partial charge in [0.1, 0.15) is 0 Å². The second-order valence-electron chi connectivity index (χ2n) is 4.70. The molecule has 0 spiro atoms. The summed E-state index contributed by atoms with van der Waals surface area (Å²) < 4.78 is 0. The molecule has 0 aromatic carbocycles. The maximum atomic E-state index is 11.9. The van der Waals surface area contributed by atoms with E-state index in [0.29, 0.717) is 0 Å². The molecule has 2 fully saturated rings. The van der Waals surface area contributed by atoms with Crippen molar-refractivity contribution in [1.29, 1.82) is 0 Å². The van der Waals surface area contributed by atoms with E-state index in [-0.39, 0.29) is 23.6 Å². The van der Waals surface area contributed by atoms with Crippen molar-refractivity contribution in [2.75, 3.05) is 38.5 Å². The van der Waals surface area contributed by atoms with Crippen LogP contribution in [0.1, 0.15) is 19.3 Å². The fourth-order valence-electron chi connectivity index (χ4n) is 2.25. The van der Waals surface area contributed by atoms with Gasteiger partial charge in [-0.25, -0.2) is 0 Å². The summed E-state index contributed by atoms with van der Waals surface area (Å²) in [5.41, 5.74) is 0. The number of piperazine rings is 1. The number of amides is 2. The quantitative estimate of drug-likeness (QED) is 0.747. The van der Waals surface area contributed by atoms with Gasteiger partial charge >= 0.3 is 0 Å². The first-order chi connectivity index (χ1) is 8.77. The molecule has 0 bridgehead atoms. The lowest BCUT2D eigenvalue weighted by molar-refractivity contribution is -0.133. The fraction of sp³-hybridized carbons (Fsp3) is 0.833. The molecule has 2 heterocycles. The highest BCUT2D eigenvalue weighted by molar-refractivity contribution is 8.00. The van der Waals surface area contributed by atoms with Crippen LogP contribution in [0.5, 0.6) is 0 Å². The number of carbonyl (C=O) groups excluding carboxylic acids is 2. The third kappa shape index (κ3) is 3.88. The smallest absolute Gasteiger partial charge is 0.242 e. The predicted molar refractivity (Wildman–Crippen MR) is 72.6 cm³/mol. The Morgan fingerprint density at radius 2 is 2.06 bits per heavy atom. The van der Waals surface area contributed by atoms with Gasteiger partial charge in [-0.3, -0.25) is 9.59 Å². The number of nitrogens with one attached hydrogen (secondary N) is 2. The minimum Gasteiger partial charge on any atom is -0.346 e. The van der Waals surface area contributed by atoms with Crippen LogP contribution in [0.4, 0.5) is 0 Å². The standard InChI is InChI=1S/C12H21N3O2S/c16-11(15-6-4-13-5-7-15)9-14-12(17)10-3-1-2-8-18-10/h10,13H,1-9H2,(H,14,17). The molecule has 102 valence electrons. The van der Waals surface area contributed by atoms with Gasteiger partial charge in [0.25, 0.3) is 0 Å². The van der Waals surface area contributed by atoms with Crippen LogP contribution >= 0.6 is 11.8 Å². The van der Waals surface area contributed by atoms with Gasteiger partial charge in [-0.2, -0.15) is 0 Å². The van der Waals surface area contributed by atoms with E-state index in [0.717, 1.165) is 44.8 Å². The molecule has 2 aliphatic rings. The van der Waals surface area contributed by atoms with Crippen LogP contribution in [-0.2, 0) is 9.59 Å². The van der Waals surface area contributed by atoms with Crippen LogP contribution in [-0.4, -0.2) is 60.4 Å². The van der Waals surface area contributed by atoms with E-state index in [1.807, 2.05) is 4.90 Å². The largest absolute Gasteiger partial charge is 0.346 e. The fourth-order valence-corrected chi connectivity index (χ4v) is 3.47. The molecule has 0 aliphatic carbocycles. The molecule has 2 aliphatic heterocycles. The Bertz CT molecular complexity index is 270. The maximum absolute atomic E-state index is 11.9. The van der Waals surface area contributed by atoms with Gasteiger partial charge in [-0.1, -0.05) is 6.42 Å². The molecule has 2 rings (SSSR count). The summed E-state index contributed by atoms with van der Waals surface area (Å²) in [6.45, 7) is 3.33. The number of carbonyl (C=O) groups is 2. The Balaban J connectivity index is 1.69. The van der Waals surface area contributed by atoms with Crippen molar-refractivity contribution >= 4 is 23.6 Å². The number of thioether (sulfide) groups is 1. The molecular formula is C12H21N3O2S. The summed E-state index contributed by atoms with van der Waals surface area (Å²) in [4.78, 5) is 25.5. The molecule has 1 atom stereocenters. The van der Waals surface area contributed by atoms with Crippen LogP contribution in [0.3, 0.4) is 0 Å². The third-order valence-corrected chi connectivity index (χ3v) is 4.73. The highest BCUT2D eigenvalue weighted by atomic mass is 32.2. The number of hydrogen-bond donors (Lipinski definition) is 2. The van der Waals surface area contributed by atoms with Gasteiger partial charge in [-0.15, -0.1) is 11.8 Å². The summed E-state index contributed by atoms with van der Waals surface area (Å²) in [6.07, 6.45) is 3.27. The second kappa shape index (κ2) is 6.99. The van der Waals surface area contributed by atoms with E-state index in [1.54, 1.807) is 11.8 Å². The van der Waals surface area contributed by atoms with Crippen LogP contribution in [0.25, 0.3) is 0 Å². The molecule has 18 heavy (non-hydrogen) atoms. The van der Waals surface area contributed by atoms with E-state index in [1.165, 1.54) is 6.42 Å². The minimum atomic E-state index is 0.0307. The van der Waals surface area contributed by atoms with Crippen LogP contribution in [0.15, 0.2) is 0 Å². The molecule has 2 N–H and O–H groups in total. The molecule has 1 unspecified atom stereocenters. The molecule has 6 heteroatoms. The Hall–Kier alpha value is -0.750. The van der Waals surface area contributed by atoms with Crippen molar-refractivity contribution < 1.29 is 9.59 Å². The number of rotatable bonds is 3. The average molecular weight is 271 g/mol. The molecule has 0 saturated carbocycles. The van der Waals surface area contributed by atoms with Crippen LogP contribution < -0.4 is 10.6 Å². The monoisotopic (exact) mass is 271 g/mol. The first-order valence-electron chi connectivity index (χ1n) is 6.65. The van der Waals surface area contributed by atoms with Gasteiger partial charge < -0.3 is 15.5 Å². The Labute approximate surface area is 112 Å². The van der Waals surface area contributed by atoms with Gasteiger partial charge in [0.2, 0.25) is 11.8 Å². The van der Waals surface area contributed by atoms with E-state index in [2.05, 4.69) is 10.6 Å². The third-order valence-electron chi connectivity index (χ3n) is 3.36. The van der Waals surface area contributed by atoms with Gasteiger partial charge in [0.05, 0.1) is 11.8 Å². The van der Waals surface area contributed by atoms with Gasteiger partial charge in [-0.05, 0) is 18.6 Å². The molecular weight excluding hydrogens is 250 g/mol. The lowest BCUT2D eigenvalue weighted by atomic mass is 10.2. The van der Waals surface area contributed by atoms with Crippen LogP contribution in [0, 0.1) is 0 Å². The second-order valence-corrected chi connectivity index (χ2v) is 6.01. The summed E-state index contributed by atoms with van der Waals surface area (Å²) >= 11 is 1.71. The summed E-state index contributed by atoms with van der Waals surface area (Å²) in [5.74, 6) is 1.12. The zero-order chi connectivity index (χ0) is 12.8. The van der Waals surface area contributed by atoms with Crippen molar-refractivity contribution in [2.24, 2.45) is 0 Å². The normalized spacial score (nSPS) is 24.7. The first kappa shape index (κ1) is 13.7. The van der Waals surface area contributed by atoms with E-state index < -0.39 is 0 Å². The lowest BCUT2D eigenvalue weighted by Crippen LogP contribution is -2.50. The number of nitrogens with zero attached hydrogens (tertiary/aromatic N) is 1. The maximum Gasteiger partial charge on any atom is 0.242 e. The summed E-state index contributed by atoms with van der Waals surface area (Å²) in [6, 6.07) is 0. The predicted octanol–water partition coefficient (Wildman–Crippen LogP) is -0.180. The molecule has 2 amide bonds. The van der Waals surface area contributed by atoms with Crippen molar-refractivity contribution in [3.63, 3.8) is 0 Å². The molecule has 0 aromatic rings. The van der Waals surface area contributed by atoms with Crippen LogP contribution in [0.2, 0.25) is 0 Å². The highest BCUT2D eigenvalue weighted by Gasteiger charge is 2.23. The topological polar surface area (TPSA) is 61.4 Å². The first-order valence-corrected chi connectivity index (χ1v) is 7.70. The molecule has 5 nitrogen and oxygen atoms in total. The Morgan fingerprint density at radius 3 is 2.72 bits per heavy atom. The number of hydrogen-bond acceptors (Lipinski definition) is 4. The minimum absolute atomic E-state index is 0.0307. The zero-order valence-corrected chi connectivity index (χ0v) is 11.4. The molecule has 0 radical (unpaired) electrons. The van der Waals surface area contributed by atoms with Crippen molar-refractivity contribution in [3.8, 4) is 0 Å². The Morgan fingerprint density at radius 1 is 1.28 bits per heavy atom. The van der Waals surface area contributed by atoms with Crippen molar-refractivity contribution in [2.45, 2.75) is 24.5 Å². The Kier molecular flexibility index (Phi) is 5.31. The van der Waals surface area contributed by atoms with Gasteiger partial charge in [0, 0.05) is 26.2 Å². The summed E-state index contributed by atoms with van der Waals surface area (Å²) in [5, 5.41) is 6.03. The highest BCUT2D eigenvalue weighted by Crippen LogP contribution is 2.24. The molecule has 0 aromatic heterocycles. The lowest BCUT2D eigenvalue weighted by Gasteiger charge is -2.28. The van der Waals surface area contributed by atoms with Crippen molar-refractivity contribution in [3.05, 3.63) is 0 Å². The van der Waals surface area contributed by atoms with Crippen molar-refractivity contribution in [1.82, 2.24) is 15.5 Å². The SMILES string of the molecule is O=C(NCC(=O)N1CCNCC1)C1CCCCS1. The van der Waals surface area contributed by atoms with Gasteiger partial charge in [0.15, 0.2) is 0 Å². The van der Waals surface area contributed by atoms with E-state index in [9.17, 15) is 9.59 Å².